The molecule has 0 N–H and O–H groups in total. The number of aryl methyl sites for hydroxylation is 1. The van der Waals surface area contributed by atoms with Crippen LogP contribution in [0.4, 0.5) is 13.2 Å². The van der Waals surface area contributed by atoms with Crippen molar-refractivity contribution in [3.8, 4) is 11.4 Å². The molecule has 1 aromatic heterocycles. The van der Waals surface area contributed by atoms with Crippen LogP contribution in [-0.4, -0.2) is 52.0 Å². The number of carbonyl (C=O) groups excluding carboxylic acids is 1. The SMILES string of the molecule is Cc1ccccc1CN1CCN(C(=O)c2cccc(-c3noc(C(F)(F)F)n3)c2)CC1. The average Bonchev–Trinajstić information content (AvgIpc) is 3.27. The standard InChI is InChI=1S/C22H21F3N4O2/c1-15-5-2-3-6-18(15)14-28-9-11-29(12-10-28)20(30)17-8-4-7-16(13-17)19-26-21(31-27-19)22(23,24)25/h2-8,13H,9-12,14H2,1H3. The summed E-state index contributed by atoms with van der Waals surface area (Å²) >= 11 is 0. The third kappa shape index (κ3) is 4.77. The van der Waals surface area contributed by atoms with Crippen molar-refractivity contribution in [3.05, 3.63) is 71.1 Å². The minimum Gasteiger partial charge on any atom is -0.336 e. The van der Waals surface area contributed by atoms with Crippen molar-refractivity contribution in [2.75, 3.05) is 26.2 Å². The first-order chi connectivity index (χ1) is 14.8. The van der Waals surface area contributed by atoms with Crippen LogP contribution < -0.4 is 0 Å². The highest BCUT2D eigenvalue weighted by atomic mass is 19.4. The predicted octanol–water partition coefficient (Wildman–Crippen LogP) is 4.02. The van der Waals surface area contributed by atoms with Crippen LogP contribution in [0.5, 0.6) is 0 Å². The number of hydrogen-bond donors (Lipinski definition) is 0. The van der Waals surface area contributed by atoms with Gasteiger partial charge in [-0.05, 0) is 30.2 Å². The molecular formula is C22H21F3N4O2. The molecule has 2 heterocycles. The van der Waals surface area contributed by atoms with Gasteiger partial charge in [0, 0.05) is 43.9 Å². The molecule has 4 rings (SSSR count). The van der Waals surface area contributed by atoms with E-state index in [1.165, 1.54) is 17.2 Å². The Kier molecular flexibility index (Phi) is 5.77. The van der Waals surface area contributed by atoms with E-state index in [1.807, 2.05) is 12.1 Å². The van der Waals surface area contributed by atoms with Crippen LogP contribution in [0.3, 0.4) is 0 Å². The zero-order chi connectivity index (χ0) is 22.0. The average molecular weight is 430 g/mol. The molecule has 1 amide bonds. The molecule has 6 nitrogen and oxygen atoms in total. The molecule has 1 saturated heterocycles. The molecule has 0 aliphatic carbocycles. The summed E-state index contributed by atoms with van der Waals surface area (Å²) in [5.74, 6) is -1.79. The van der Waals surface area contributed by atoms with Gasteiger partial charge in [-0.1, -0.05) is 41.6 Å². The number of benzene rings is 2. The summed E-state index contributed by atoms with van der Waals surface area (Å²) < 4.78 is 42.4. The number of hydrogen-bond acceptors (Lipinski definition) is 5. The van der Waals surface area contributed by atoms with Crippen molar-refractivity contribution in [1.29, 1.82) is 0 Å². The van der Waals surface area contributed by atoms with Crippen LogP contribution in [-0.2, 0) is 12.7 Å². The van der Waals surface area contributed by atoms with Crippen molar-refractivity contribution < 1.29 is 22.5 Å². The zero-order valence-corrected chi connectivity index (χ0v) is 16.9. The maximum absolute atomic E-state index is 12.9. The van der Waals surface area contributed by atoms with Gasteiger partial charge in [-0.15, -0.1) is 0 Å². The van der Waals surface area contributed by atoms with Crippen LogP contribution in [0.2, 0.25) is 0 Å². The van der Waals surface area contributed by atoms with Crippen molar-refractivity contribution in [3.63, 3.8) is 0 Å². The topological polar surface area (TPSA) is 62.5 Å². The lowest BCUT2D eigenvalue weighted by Gasteiger charge is -2.35. The van der Waals surface area contributed by atoms with Crippen LogP contribution in [0.25, 0.3) is 11.4 Å². The molecular weight excluding hydrogens is 409 g/mol. The lowest BCUT2D eigenvalue weighted by Crippen LogP contribution is -2.48. The lowest BCUT2D eigenvalue weighted by molar-refractivity contribution is -0.159. The second-order valence-electron chi connectivity index (χ2n) is 7.50. The normalized spacial score (nSPS) is 15.3. The van der Waals surface area contributed by atoms with Crippen molar-refractivity contribution in [2.24, 2.45) is 0 Å². The first kappa shape index (κ1) is 21.0. The molecule has 0 radical (unpaired) electrons. The number of carbonyl (C=O) groups is 1. The first-order valence-corrected chi connectivity index (χ1v) is 9.89. The summed E-state index contributed by atoms with van der Waals surface area (Å²) in [4.78, 5) is 20.4. The van der Waals surface area contributed by atoms with E-state index < -0.39 is 12.1 Å². The van der Waals surface area contributed by atoms with E-state index in [0.29, 0.717) is 24.2 Å². The second kappa shape index (κ2) is 8.50. The smallest absolute Gasteiger partial charge is 0.336 e. The Bertz CT molecular complexity index is 1070. The number of amides is 1. The Morgan fingerprint density at radius 3 is 2.48 bits per heavy atom. The molecule has 0 spiro atoms. The summed E-state index contributed by atoms with van der Waals surface area (Å²) in [6.45, 7) is 5.58. The van der Waals surface area contributed by atoms with Gasteiger partial charge in [0.05, 0.1) is 0 Å². The number of alkyl halides is 3. The first-order valence-electron chi connectivity index (χ1n) is 9.89. The van der Waals surface area contributed by atoms with Gasteiger partial charge in [0.2, 0.25) is 5.82 Å². The molecule has 0 bridgehead atoms. The highest BCUT2D eigenvalue weighted by molar-refractivity contribution is 5.95. The molecule has 9 heteroatoms. The van der Waals surface area contributed by atoms with Crippen LogP contribution >= 0.6 is 0 Å². The van der Waals surface area contributed by atoms with Crippen LogP contribution in [0.1, 0.15) is 27.4 Å². The molecule has 3 aromatic rings. The van der Waals surface area contributed by atoms with Crippen molar-refractivity contribution in [1.82, 2.24) is 19.9 Å². The molecule has 1 aliphatic rings. The van der Waals surface area contributed by atoms with Crippen LogP contribution in [0, 0.1) is 6.92 Å². The van der Waals surface area contributed by atoms with E-state index in [0.717, 1.165) is 19.6 Å². The van der Waals surface area contributed by atoms with Crippen molar-refractivity contribution >= 4 is 5.91 Å². The van der Waals surface area contributed by atoms with Gasteiger partial charge in [-0.2, -0.15) is 18.2 Å². The van der Waals surface area contributed by atoms with E-state index in [-0.39, 0.29) is 11.7 Å². The van der Waals surface area contributed by atoms with Gasteiger partial charge in [-0.25, -0.2) is 0 Å². The van der Waals surface area contributed by atoms with E-state index in [2.05, 4.69) is 38.6 Å². The van der Waals surface area contributed by atoms with Crippen molar-refractivity contribution in [2.45, 2.75) is 19.6 Å². The Morgan fingerprint density at radius 2 is 1.81 bits per heavy atom. The van der Waals surface area contributed by atoms with Crippen LogP contribution in [0.15, 0.2) is 53.1 Å². The molecule has 0 atom stereocenters. The van der Waals surface area contributed by atoms with E-state index in [9.17, 15) is 18.0 Å². The van der Waals surface area contributed by atoms with Gasteiger partial charge in [-0.3, -0.25) is 9.69 Å². The summed E-state index contributed by atoms with van der Waals surface area (Å²) in [6, 6.07) is 14.5. The quantitative estimate of drug-likeness (QED) is 0.626. The molecule has 1 fully saturated rings. The molecule has 2 aromatic carbocycles. The number of piperazine rings is 1. The maximum atomic E-state index is 12.9. The Balaban J connectivity index is 1.41. The monoisotopic (exact) mass is 430 g/mol. The highest BCUT2D eigenvalue weighted by Gasteiger charge is 2.38. The Morgan fingerprint density at radius 1 is 1.06 bits per heavy atom. The largest absolute Gasteiger partial charge is 0.471 e. The third-order valence-electron chi connectivity index (χ3n) is 5.35. The summed E-state index contributed by atoms with van der Waals surface area (Å²) in [7, 11) is 0. The minimum atomic E-state index is -4.71. The fourth-order valence-corrected chi connectivity index (χ4v) is 3.57. The minimum absolute atomic E-state index is 0.170. The number of halogens is 3. The number of aromatic nitrogens is 2. The summed E-state index contributed by atoms with van der Waals surface area (Å²) in [6.07, 6.45) is -4.71. The molecule has 31 heavy (non-hydrogen) atoms. The Labute approximate surface area is 177 Å². The predicted molar refractivity (Wildman–Crippen MR) is 107 cm³/mol. The number of nitrogens with zero attached hydrogens (tertiary/aromatic N) is 4. The molecule has 1 aliphatic heterocycles. The summed E-state index contributed by atoms with van der Waals surface area (Å²) in [5.41, 5.74) is 3.19. The van der Waals surface area contributed by atoms with Gasteiger partial charge >= 0.3 is 12.1 Å². The van der Waals surface area contributed by atoms with Gasteiger partial charge in [0.15, 0.2) is 0 Å². The Hall–Kier alpha value is -3.20. The third-order valence-corrected chi connectivity index (χ3v) is 5.35. The van der Waals surface area contributed by atoms with Gasteiger partial charge < -0.3 is 9.42 Å². The maximum Gasteiger partial charge on any atom is 0.471 e. The zero-order valence-electron chi connectivity index (χ0n) is 16.9. The highest BCUT2D eigenvalue weighted by Crippen LogP contribution is 2.29. The lowest BCUT2D eigenvalue weighted by atomic mass is 10.1. The van der Waals surface area contributed by atoms with E-state index in [4.69, 9.17) is 0 Å². The van der Waals surface area contributed by atoms with E-state index in [1.54, 1.807) is 23.1 Å². The molecule has 162 valence electrons. The van der Waals surface area contributed by atoms with Gasteiger partial charge in [0.1, 0.15) is 0 Å². The van der Waals surface area contributed by atoms with E-state index >= 15 is 0 Å². The fourth-order valence-electron chi connectivity index (χ4n) is 3.57. The fraction of sp³-hybridized carbons (Fsp3) is 0.318. The molecule has 0 saturated carbocycles. The molecule has 0 unspecified atom stereocenters. The number of rotatable bonds is 4. The second-order valence-corrected chi connectivity index (χ2v) is 7.50. The van der Waals surface area contributed by atoms with Gasteiger partial charge in [0.25, 0.3) is 5.91 Å². The summed E-state index contributed by atoms with van der Waals surface area (Å²) in [5, 5.41) is 3.39.